The Balaban J connectivity index is 2.85. The minimum atomic E-state index is -0.719. The van der Waals surface area contributed by atoms with E-state index in [1.165, 1.54) is 0 Å². The summed E-state index contributed by atoms with van der Waals surface area (Å²) >= 11 is 5.20. The van der Waals surface area contributed by atoms with Gasteiger partial charge in [-0.15, -0.1) is 12.3 Å². The van der Waals surface area contributed by atoms with Crippen LogP contribution in [0.15, 0.2) is 0 Å². The third kappa shape index (κ3) is 5.81. The molecule has 1 atom stereocenters. The summed E-state index contributed by atoms with van der Waals surface area (Å²) in [5.74, 6) is 2.45. The number of aliphatic hydroxyl groups excluding tert-OH is 1. The van der Waals surface area contributed by atoms with E-state index in [0.717, 1.165) is 6.42 Å². The second-order valence-electron chi connectivity index (χ2n) is 1.53. The highest BCUT2D eigenvalue weighted by Gasteiger charge is 1.93. The highest BCUT2D eigenvalue weighted by molar-refractivity contribution is 6.19. The molecule has 0 radical (unpaired) electrons. The first-order valence-electron chi connectivity index (χ1n) is 2.53. The van der Waals surface area contributed by atoms with Gasteiger partial charge in [0, 0.05) is 6.42 Å². The largest absolute Gasteiger partial charge is 0.378 e. The smallest absolute Gasteiger partial charge is 0.128 e. The molecule has 1 N–H and O–H groups in total. The highest BCUT2D eigenvalue weighted by Crippen LogP contribution is 2.02. The Hall–Kier alpha value is -0.190. The summed E-state index contributed by atoms with van der Waals surface area (Å²) in [6, 6.07) is 0. The van der Waals surface area contributed by atoms with Crippen molar-refractivity contribution in [3.8, 4) is 12.3 Å². The van der Waals surface area contributed by atoms with E-state index in [1.54, 1.807) is 0 Å². The molecule has 0 amide bonds. The molecular formula is C6H9ClO. The Morgan fingerprint density at radius 1 is 1.75 bits per heavy atom. The topological polar surface area (TPSA) is 20.2 Å². The summed E-state index contributed by atoms with van der Waals surface area (Å²) in [7, 11) is 0. The number of alkyl halides is 1. The minimum absolute atomic E-state index is 0.589. The molecule has 0 aliphatic rings. The fraction of sp³-hybridized carbons (Fsp3) is 0.667. The lowest BCUT2D eigenvalue weighted by atomic mass is 10.2. The number of aliphatic hydroxyl groups is 1. The molecule has 46 valence electrons. The molecule has 0 aliphatic heterocycles. The second kappa shape index (κ2) is 4.96. The molecule has 0 saturated carbocycles. The molecule has 0 aliphatic carbocycles. The van der Waals surface area contributed by atoms with Crippen molar-refractivity contribution >= 4 is 11.6 Å². The molecule has 0 aromatic heterocycles. The third-order valence-corrected chi connectivity index (χ3v) is 0.982. The molecule has 0 saturated heterocycles. The molecular weight excluding hydrogens is 124 g/mol. The molecule has 1 nitrogen and oxygen atoms in total. The van der Waals surface area contributed by atoms with Crippen LogP contribution in [0.1, 0.15) is 19.3 Å². The summed E-state index contributed by atoms with van der Waals surface area (Å²) < 4.78 is 0. The highest BCUT2D eigenvalue weighted by atomic mass is 35.5. The van der Waals surface area contributed by atoms with Gasteiger partial charge in [0.05, 0.1) is 0 Å². The Morgan fingerprint density at radius 3 is 2.75 bits per heavy atom. The van der Waals surface area contributed by atoms with Crippen LogP contribution < -0.4 is 0 Å². The van der Waals surface area contributed by atoms with Crippen molar-refractivity contribution in [3.05, 3.63) is 0 Å². The first kappa shape index (κ1) is 7.81. The van der Waals surface area contributed by atoms with E-state index in [2.05, 4.69) is 5.92 Å². The monoisotopic (exact) mass is 132 g/mol. The minimum Gasteiger partial charge on any atom is -0.378 e. The molecule has 8 heavy (non-hydrogen) atoms. The predicted molar refractivity (Wildman–Crippen MR) is 34.5 cm³/mol. The molecule has 0 bridgehead atoms. The van der Waals surface area contributed by atoms with Gasteiger partial charge in [0.15, 0.2) is 0 Å². The lowest BCUT2D eigenvalue weighted by Gasteiger charge is -1.95. The number of rotatable bonds is 3. The van der Waals surface area contributed by atoms with Gasteiger partial charge < -0.3 is 5.11 Å². The quantitative estimate of drug-likeness (QED) is 0.349. The molecule has 0 spiro atoms. The van der Waals surface area contributed by atoms with Crippen molar-refractivity contribution in [2.45, 2.75) is 24.8 Å². The average molecular weight is 133 g/mol. The molecule has 0 fully saturated rings. The summed E-state index contributed by atoms with van der Waals surface area (Å²) in [5.41, 5.74) is -0.719. The number of hydrogen-bond acceptors (Lipinski definition) is 1. The normalized spacial score (nSPS) is 12.6. The Kier molecular flexibility index (Phi) is 4.84. The molecule has 0 rings (SSSR count). The predicted octanol–water partition coefficient (Wildman–Crippen LogP) is 1.35. The maximum atomic E-state index is 8.48. The number of terminal acetylenes is 1. The van der Waals surface area contributed by atoms with Gasteiger partial charge in [-0.1, -0.05) is 11.6 Å². The fourth-order valence-electron chi connectivity index (χ4n) is 0.373. The van der Waals surface area contributed by atoms with Gasteiger partial charge >= 0.3 is 0 Å². The van der Waals surface area contributed by atoms with Crippen LogP contribution in [0.4, 0.5) is 0 Å². The van der Waals surface area contributed by atoms with Crippen molar-refractivity contribution in [1.29, 1.82) is 0 Å². The summed E-state index contributed by atoms with van der Waals surface area (Å²) in [4.78, 5) is 0. The van der Waals surface area contributed by atoms with Crippen LogP contribution in [-0.2, 0) is 0 Å². The number of unbranched alkanes of at least 4 members (excludes halogenated alkanes) is 1. The molecule has 0 aromatic carbocycles. The summed E-state index contributed by atoms with van der Waals surface area (Å²) in [6.45, 7) is 0. The number of hydrogen-bond donors (Lipinski definition) is 1. The summed E-state index contributed by atoms with van der Waals surface area (Å²) in [5, 5.41) is 8.48. The van der Waals surface area contributed by atoms with E-state index in [1.807, 2.05) is 0 Å². The van der Waals surface area contributed by atoms with Crippen LogP contribution in [0.2, 0.25) is 0 Å². The maximum absolute atomic E-state index is 8.48. The Labute approximate surface area is 54.7 Å². The lowest BCUT2D eigenvalue weighted by Crippen LogP contribution is -1.93. The van der Waals surface area contributed by atoms with Gasteiger partial charge in [0.2, 0.25) is 0 Å². The second-order valence-corrected chi connectivity index (χ2v) is 2.03. The van der Waals surface area contributed by atoms with Crippen LogP contribution in [-0.4, -0.2) is 10.7 Å². The van der Waals surface area contributed by atoms with Gasteiger partial charge in [-0.2, -0.15) is 0 Å². The van der Waals surface area contributed by atoms with Crippen LogP contribution in [0.5, 0.6) is 0 Å². The maximum Gasteiger partial charge on any atom is 0.128 e. The zero-order valence-corrected chi connectivity index (χ0v) is 5.36. The standard InChI is InChI=1S/C6H9ClO/c1-2-3-4-5-6(7)8/h1,6,8H,3-5H2. The zero-order chi connectivity index (χ0) is 6.41. The molecule has 0 heterocycles. The van der Waals surface area contributed by atoms with Gasteiger partial charge in [-0.3, -0.25) is 0 Å². The third-order valence-electron chi connectivity index (χ3n) is 0.763. The van der Waals surface area contributed by atoms with Crippen molar-refractivity contribution in [2.75, 3.05) is 0 Å². The van der Waals surface area contributed by atoms with E-state index in [0.29, 0.717) is 12.8 Å². The number of halogens is 1. The van der Waals surface area contributed by atoms with Crippen LogP contribution in [0, 0.1) is 12.3 Å². The molecule has 0 aromatic rings. The fourth-order valence-corrected chi connectivity index (χ4v) is 0.527. The SMILES string of the molecule is C#CCCCC(O)Cl. The van der Waals surface area contributed by atoms with Crippen molar-refractivity contribution in [1.82, 2.24) is 0 Å². The van der Waals surface area contributed by atoms with Crippen LogP contribution in [0.3, 0.4) is 0 Å². The van der Waals surface area contributed by atoms with Crippen LogP contribution in [0.25, 0.3) is 0 Å². The van der Waals surface area contributed by atoms with Gasteiger partial charge in [-0.05, 0) is 12.8 Å². The van der Waals surface area contributed by atoms with Crippen molar-refractivity contribution in [3.63, 3.8) is 0 Å². The first-order chi connectivity index (χ1) is 3.77. The summed E-state index contributed by atoms with van der Waals surface area (Å²) in [6.07, 6.45) is 7.03. The lowest BCUT2D eigenvalue weighted by molar-refractivity contribution is 0.243. The van der Waals surface area contributed by atoms with E-state index in [-0.39, 0.29) is 0 Å². The van der Waals surface area contributed by atoms with Gasteiger partial charge in [0.1, 0.15) is 5.56 Å². The Morgan fingerprint density at radius 2 is 2.38 bits per heavy atom. The average Bonchev–Trinajstić information content (AvgIpc) is 1.66. The van der Waals surface area contributed by atoms with Crippen molar-refractivity contribution in [2.24, 2.45) is 0 Å². The molecule has 2 heteroatoms. The zero-order valence-electron chi connectivity index (χ0n) is 4.60. The Bertz CT molecular complexity index is 83.0. The van der Waals surface area contributed by atoms with E-state index >= 15 is 0 Å². The van der Waals surface area contributed by atoms with Gasteiger partial charge in [-0.25, -0.2) is 0 Å². The van der Waals surface area contributed by atoms with Gasteiger partial charge in [0.25, 0.3) is 0 Å². The van der Waals surface area contributed by atoms with Crippen molar-refractivity contribution < 1.29 is 5.11 Å². The van der Waals surface area contributed by atoms with Crippen LogP contribution >= 0.6 is 11.6 Å². The van der Waals surface area contributed by atoms with E-state index in [9.17, 15) is 0 Å². The van der Waals surface area contributed by atoms with E-state index < -0.39 is 5.56 Å². The molecule has 1 unspecified atom stereocenters. The first-order valence-corrected chi connectivity index (χ1v) is 2.96. The van der Waals surface area contributed by atoms with E-state index in [4.69, 9.17) is 23.1 Å².